The highest BCUT2D eigenvalue weighted by Crippen LogP contribution is 2.25. The third-order valence-electron chi connectivity index (χ3n) is 3.99. The van der Waals surface area contributed by atoms with E-state index in [9.17, 15) is 4.79 Å². The molecule has 0 aliphatic carbocycles. The summed E-state index contributed by atoms with van der Waals surface area (Å²) in [4.78, 5) is 19.6. The highest BCUT2D eigenvalue weighted by Gasteiger charge is 2.11. The molecule has 0 aliphatic rings. The molecule has 0 atom stereocenters. The molecule has 0 saturated carbocycles. The Morgan fingerprint density at radius 1 is 1.00 bits per heavy atom. The number of rotatable bonds is 3. The van der Waals surface area contributed by atoms with Crippen LogP contribution in [0.15, 0.2) is 72.9 Å². The van der Waals surface area contributed by atoms with Crippen molar-refractivity contribution in [3.63, 3.8) is 0 Å². The van der Waals surface area contributed by atoms with E-state index in [2.05, 4.69) is 27.4 Å². The molecule has 1 amide bonds. The second-order valence-corrected chi connectivity index (χ2v) is 6.00. The van der Waals surface area contributed by atoms with Crippen molar-refractivity contribution in [1.29, 1.82) is 0 Å². The van der Waals surface area contributed by atoms with E-state index >= 15 is 0 Å². The minimum absolute atomic E-state index is 0.190. The van der Waals surface area contributed by atoms with E-state index in [4.69, 9.17) is 11.6 Å². The van der Waals surface area contributed by atoms with Crippen LogP contribution in [0.3, 0.4) is 0 Å². The number of aromatic amines is 1. The van der Waals surface area contributed by atoms with Crippen molar-refractivity contribution in [3.05, 3.63) is 83.6 Å². The number of benzene rings is 2. The number of para-hydroxylation sites is 1. The van der Waals surface area contributed by atoms with E-state index < -0.39 is 0 Å². The molecule has 0 bridgehead atoms. The van der Waals surface area contributed by atoms with Crippen LogP contribution in [-0.2, 0) is 0 Å². The molecule has 122 valence electrons. The smallest absolute Gasteiger partial charge is 0.258 e. The average molecular weight is 348 g/mol. The molecule has 2 N–H and O–H groups in total. The first kappa shape index (κ1) is 15.4. The number of aromatic nitrogens is 2. The number of hydrogen-bond donors (Lipinski definition) is 2. The molecule has 0 spiro atoms. The zero-order valence-corrected chi connectivity index (χ0v) is 13.9. The second kappa shape index (κ2) is 6.42. The van der Waals surface area contributed by atoms with E-state index in [0.29, 0.717) is 11.3 Å². The first-order chi connectivity index (χ1) is 12.2. The molecule has 2 aromatic heterocycles. The number of hydrogen-bond acceptors (Lipinski definition) is 2. The van der Waals surface area contributed by atoms with Crippen LogP contribution in [0.4, 0.5) is 5.69 Å². The minimum atomic E-state index is -0.281. The van der Waals surface area contributed by atoms with Gasteiger partial charge in [-0.05, 0) is 42.0 Å². The van der Waals surface area contributed by atoms with Crippen LogP contribution >= 0.6 is 11.6 Å². The Morgan fingerprint density at radius 3 is 2.56 bits per heavy atom. The van der Waals surface area contributed by atoms with E-state index in [1.165, 1.54) is 5.39 Å². The largest absolute Gasteiger partial charge is 0.355 e. The zero-order valence-electron chi connectivity index (χ0n) is 13.2. The summed E-state index contributed by atoms with van der Waals surface area (Å²) in [6.07, 6.45) is 1.55. The summed E-state index contributed by atoms with van der Waals surface area (Å²) in [6, 6.07) is 21.2. The number of pyridine rings is 1. The minimum Gasteiger partial charge on any atom is -0.355 e. The van der Waals surface area contributed by atoms with Gasteiger partial charge >= 0.3 is 0 Å². The van der Waals surface area contributed by atoms with Crippen molar-refractivity contribution in [2.75, 3.05) is 5.32 Å². The second-order valence-electron chi connectivity index (χ2n) is 5.64. The van der Waals surface area contributed by atoms with Gasteiger partial charge in [-0.1, -0.05) is 41.9 Å². The molecule has 0 fully saturated rings. The number of anilines is 1. The Morgan fingerprint density at radius 2 is 1.80 bits per heavy atom. The van der Waals surface area contributed by atoms with Crippen molar-refractivity contribution < 1.29 is 4.79 Å². The van der Waals surface area contributed by atoms with Gasteiger partial charge in [-0.3, -0.25) is 4.79 Å². The average Bonchev–Trinajstić information content (AvgIpc) is 3.07. The Kier molecular flexibility index (Phi) is 3.96. The fourth-order valence-corrected chi connectivity index (χ4v) is 2.92. The third-order valence-corrected chi connectivity index (χ3v) is 4.29. The van der Waals surface area contributed by atoms with Crippen LogP contribution in [0.5, 0.6) is 0 Å². The maximum atomic E-state index is 12.3. The van der Waals surface area contributed by atoms with Crippen molar-refractivity contribution in [2.45, 2.75) is 0 Å². The Hall–Kier alpha value is -3.11. The van der Waals surface area contributed by atoms with Crippen LogP contribution in [0.1, 0.15) is 10.4 Å². The first-order valence-electron chi connectivity index (χ1n) is 7.81. The number of amides is 1. The summed E-state index contributed by atoms with van der Waals surface area (Å²) in [5, 5.41) is 4.19. The van der Waals surface area contributed by atoms with Gasteiger partial charge in [0, 0.05) is 28.5 Å². The maximum absolute atomic E-state index is 12.3. The number of carbonyl (C=O) groups is 1. The number of carbonyl (C=O) groups excluding carboxylic acids is 1. The van der Waals surface area contributed by atoms with Crippen LogP contribution < -0.4 is 5.32 Å². The topological polar surface area (TPSA) is 57.8 Å². The summed E-state index contributed by atoms with van der Waals surface area (Å²) >= 11 is 5.95. The first-order valence-corrected chi connectivity index (χ1v) is 8.18. The molecule has 0 radical (unpaired) electrons. The van der Waals surface area contributed by atoms with E-state index in [1.54, 1.807) is 18.3 Å². The van der Waals surface area contributed by atoms with Gasteiger partial charge in [0.25, 0.3) is 5.91 Å². The molecule has 0 saturated heterocycles. The quantitative estimate of drug-likeness (QED) is 0.504. The molecular weight excluding hydrogens is 334 g/mol. The fraction of sp³-hybridized carbons (Fsp3) is 0. The molecule has 0 aliphatic heterocycles. The summed E-state index contributed by atoms with van der Waals surface area (Å²) < 4.78 is 0. The van der Waals surface area contributed by atoms with Gasteiger partial charge < -0.3 is 10.3 Å². The van der Waals surface area contributed by atoms with Gasteiger partial charge in [0.05, 0.1) is 5.56 Å². The molecule has 2 heterocycles. The standard InChI is InChI=1S/C20H14ClN3O/c21-19-16(5-3-11-22-19)20(25)23-15-9-7-13(8-10-15)18-12-14-4-1-2-6-17(14)24-18/h1-12,24H,(H,23,25). The molecule has 4 rings (SSSR count). The Balaban J connectivity index is 1.56. The van der Waals surface area contributed by atoms with Gasteiger partial charge in [-0.2, -0.15) is 0 Å². The normalized spacial score (nSPS) is 10.8. The number of H-pyrrole nitrogens is 1. The Bertz CT molecular complexity index is 1020. The number of nitrogens with one attached hydrogen (secondary N) is 2. The maximum Gasteiger partial charge on any atom is 0.258 e. The van der Waals surface area contributed by atoms with Gasteiger partial charge in [0.2, 0.25) is 0 Å². The molecule has 5 heteroatoms. The van der Waals surface area contributed by atoms with Crippen molar-refractivity contribution in [1.82, 2.24) is 9.97 Å². The lowest BCUT2D eigenvalue weighted by Crippen LogP contribution is -2.12. The van der Waals surface area contributed by atoms with Crippen LogP contribution in [-0.4, -0.2) is 15.9 Å². The predicted octanol–water partition coefficient (Wildman–Crippen LogP) is 5.14. The zero-order chi connectivity index (χ0) is 17.2. The summed E-state index contributed by atoms with van der Waals surface area (Å²) in [5.74, 6) is -0.281. The molecule has 0 unspecified atom stereocenters. The fourth-order valence-electron chi connectivity index (χ4n) is 2.72. The van der Waals surface area contributed by atoms with Crippen LogP contribution in [0, 0.1) is 0 Å². The van der Waals surface area contributed by atoms with E-state index in [0.717, 1.165) is 16.8 Å². The van der Waals surface area contributed by atoms with Gasteiger partial charge in [0.15, 0.2) is 0 Å². The lowest BCUT2D eigenvalue weighted by atomic mass is 10.1. The lowest BCUT2D eigenvalue weighted by Gasteiger charge is -2.07. The van der Waals surface area contributed by atoms with E-state index in [-0.39, 0.29) is 11.1 Å². The number of fused-ring (bicyclic) bond motifs is 1. The van der Waals surface area contributed by atoms with Crippen LogP contribution in [0.25, 0.3) is 22.2 Å². The summed E-state index contributed by atoms with van der Waals surface area (Å²) in [5.41, 5.74) is 4.23. The molecular formula is C20H14ClN3O. The summed E-state index contributed by atoms with van der Waals surface area (Å²) in [6.45, 7) is 0. The number of nitrogens with zero attached hydrogens (tertiary/aromatic N) is 1. The summed E-state index contributed by atoms with van der Waals surface area (Å²) in [7, 11) is 0. The monoisotopic (exact) mass is 347 g/mol. The van der Waals surface area contributed by atoms with Crippen molar-refractivity contribution >= 4 is 34.1 Å². The van der Waals surface area contributed by atoms with Gasteiger partial charge in [-0.15, -0.1) is 0 Å². The highest BCUT2D eigenvalue weighted by atomic mass is 35.5. The van der Waals surface area contributed by atoms with E-state index in [1.807, 2.05) is 42.5 Å². The SMILES string of the molecule is O=C(Nc1ccc(-c2cc3ccccc3[nH]2)cc1)c1cccnc1Cl. The van der Waals surface area contributed by atoms with Crippen molar-refractivity contribution in [2.24, 2.45) is 0 Å². The van der Waals surface area contributed by atoms with Crippen LogP contribution in [0.2, 0.25) is 5.15 Å². The number of halogens is 1. The molecule has 25 heavy (non-hydrogen) atoms. The predicted molar refractivity (Wildman–Crippen MR) is 101 cm³/mol. The molecule has 4 aromatic rings. The lowest BCUT2D eigenvalue weighted by molar-refractivity contribution is 0.102. The Labute approximate surface area is 149 Å². The van der Waals surface area contributed by atoms with Gasteiger partial charge in [0.1, 0.15) is 5.15 Å². The molecule has 4 nitrogen and oxygen atoms in total. The molecule has 2 aromatic carbocycles. The highest BCUT2D eigenvalue weighted by molar-refractivity contribution is 6.33. The van der Waals surface area contributed by atoms with Crippen molar-refractivity contribution in [3.8, 4) is 11.3 Å². The van der Waals surface area contributed by atoms with Gasteiger partial charge in [-0.25, -0.2) is 4.98 Å². The third kappa shape index (κ3) is 3.12.